The van der Waals surface area contributed by atoms with Crippen LogP contribution in [-0.4, -0.2) is 19.1 Å². The van der Waals surface area contributed by atoms with Gasteiger partial charge in [0.25, 0.3) is 0 Å². The Morgan fingerprint density at radius 2 is 2.10 bits per heavy atom. The summed E-state index contributed by atoms with van der Waals surface area (Å²) in [6, 6.07) is 6.03. The molecule has 1 N–H and O–H groups in total. The molecule has 0 spiro atoms. The molecule has 2 nitrogen and oxygen atoms in total. The normalized spacial score (nSPS) is 20.3. The van der Waals surface area contributed by atoms with Gasteiger partial charge in [-0.25, -0.2) is 4.39 Å². The van der Waals surface area contributed by atoms with Crippen LogP contribution in [0.3, 0.4) is 0 Å². The van der Waals surface area contributed by atoms with Crippen molar-refractivity contribution in [3.05, 3.63) is 29.6 Å². The Hall–Kier alpha value is -1.09. The van der Waals surface area contributed by atoms with Gasteiger partial charge in [-0.3, -0.25) is 0 Å². The predicted molar refractivity (Wildman–Crippen MR) is 88.3 cm³/mol. The van der Waals surface area contributed by atoms with Crippen molar-refractivity contribution in [1.29, 1.82) is 0 Å². The van der Waals surface area contributed by atoms with Gasteiger partial charge >= 0.3 is 0 Å². The number of nitrogens with zero attached hydrogens (tertiary/aromatic N) is 1. The molecule has 118 valence electrons. The monoisotopic (exact) mass is 292 g/mol. The van der Waals surface area contributed by atoms with E-state index >= 15 is 0 Å². The Morgan fingerprint density at radius 3 is 2.76 bits per heavy atom. The van der Waals surface area contributed by atoms with Crippen LogP contribution in [0.25, 0.3) is 0 Å². The van der Waals surface area contributed by atoms with Gasteiger partial charge in [0.05, 0.1) is 0 Å². The van der Waals surface area contributed by atoms with Crippen LogP contribution in [-0.2, 0) is 0 Å². The first kappa shape index (κ1) is 16.3. The van der Waals surface area contributed by atoms with Crippen LogP contribution in [0.4, 0.5) is 10.1 Å². The molecule has 1 saturated heterocycles. The number of benzene rings is 1. The van der Waals surface area contributed by atoms with Gasteiger partial charge in [-0.05, 0) is 62.4 Å². The van der Waals surface area contributed by atoms with E-state index in [1.54, 1.807) is 12.1 Å². The van der Waals surface area contributed by atoms with Crippen molar-refractivity contribution in [3.8, 4) is 0 Å². The number of anilines is 1. The highest BCUT2D eigenvalue weighted by atomic mass is 19.1. The smallest absolute Gasteiger partial charge is 0.123 e. The van der Waals surface area contributed by atoms with Gasteiger partial charge in [-0.2, -0.15) is 0 Å². The van der Waals surface area contributed by atoms with Gasteiger partial charge in [0.15, 0.2) is 0 Å². The Morgan fingerprint density at radius 1 is 1.33 bits per heavy atom. The highest BCUT2D eigenvalue weighted by Crippen LogP contribution is 2.35. The minimum atomic E-state index is -0.140. The zero-order chi connectivity index (χ0) is 15.4. The maximum absolute atomic E-state index is 13.7. The SMILES string of the molecule is CCCNC(C)c1cc(F)ccc1N1CCCC1C(C)C. The molecule has 21 heavy (non-hydrogen) atoms. The second-order valence-electron chi connectivity index (χ2n) is 6.53. The van der Waals surface area contributed by atoms with E-state index < -0.39 is 0 Å². The van der Waals surface area contributed by atoms with E-state index in [1.165, 1.54) is 18.5 Å². The molecule has 1 aromatic carbocycles. The highest BCUT2D eigenvalue weighted by molar-refractivity contribution is 5.56. The molecular formula is C18H29FN2. The van der Waals surface area contributed by atoms with Crippen molar-refractivity contribution in [2.24, 2.45) is 5.92 Å². The van der Waals surface area contributed by atoms with Crippen molar-refractivity contribution in [2.75, 3.05) is 18.0 Å². The predicted octanol–water partition coefficient (Wildman–Crippen LogP) is 4.51. The van der Waals surface area contributed by atoms with Gasteiger partial charge in [-0.15, -0.1) is 0 Å². The fraction of sp³-hybridized carbons (Fsp3) is 0.667. The first-order chi connectivity index (χ1) is 10.0. The van der Waals surface area contributed by atoms with E-state index in [2.05, 4.69) is 37.9 Å². The summed E-state index contributed by atoms with van der Waals surface area (Å²) in [5, 5.41) is 3.49. The van der Waals surface area contributed by atoms with Gasteiger partial charge in [0.2, 0.25) is 0 Å². The lowest BCUT2D eigenvalue weighted by atomic mass is 9.99. The third-order valence-electron chi connectivity index (χ3n) is 4.53. The molecule has 0 amide bonds. The van der Waals surface area contributed by atoms with E-state index in [-0.39, 0.29) is 11.9 Å². The van der Waals surface area contributed by atoms with Crippen LogP contribution >= 0.6 is 0 Å². The van der Waals surface area contributed by atoms with E-state index in [0.717, 1.165) is 25.1 Å². The molecule has 0 aromatic heterocycles. The summed E-state index contributed by atoms with van der Waals surface area (Å²) in [6.07, 6.45) is 3.56. The minimum Gasteiger partial charge on any atom is -0.368 e. The molecule has 1 fully saturated rings. The van der Waals surface area contributed by atoms with Gasteiger partial charge in [0, 0.05) is 24.3 Å². The summed E-state index contributed by atoms with van der Waals surface area (Å²) in [5.74, 6) is 0.489. The largest absolute Gasteiger partial charge is 0.368 e. The van der Waals surface area contributed by atoms with E-state index in [4.69, 9.17) is 0 Å². The maximum Gasteiger partial charge on any atom is 0.123 e. The third kappa shape index (κ3) is 3.76. The Labute approximate surface area is 128 Å². The summed E-state index contributed by atoms with van der Waals surface area (Å²) in [7, 11) is 0. The van der Waals surface area contributed by atoms with Crippen LogP contribution < -0.4 is 10.2 Å². The highest BCUT2D eigenvalue weighted by Gasteiger charge is 2.29. The molecule has 2 unspecified atom stereocenters. The molecule has 1 aliphatic rings. The lowest BCUT2D eigenvalue weighted by Gasteiger charge is -2.33. The first-order valence-electron chi connectivity index (χ1n) is 8.34. The van der Waals surface area contributed by atoms with Crippen LogP contribution in [0, 0.1) is 11.7 Å². The van der Waals surface area contributed by atoms with E-state index in [0.29, 0.717) is 12.0 Å². The summed E-state index contributed by atoms with van der Waals surface area (Å²) >= 11 is 0. The van der Waals surface area contributed by atoms with E-state index in [9.17, 15) is 4.39 Å². The Balaban J connectivity index is 2.30. The van der Waals surface area contributed by atoms with Crippen molar-refractivity contribution in [2.45, 2.75) is 59.0 Å². The average molecular weight is 292 g/mol. The topological polar surface area (TPSA) is 15.3 Å². The molecule has 0 saturated carbocycles. The minimum absolute atomic E-state index is 0.140. The van der Waals surface area contributed by atoms with Crippen molar-refractivity contribution in [3.63, 3.8) is 0 Å². The first-order valence-corrected chi connectivity index (χ1v) is 8.34. The van der Waals surface area contributed by atoms with Crippen LogP contribution in [0.2, 0.25) is 0 Å². The summed E-state index contributed by atoms with van der Waals surface area (Å²) in [4.78, 5) is 2.49. The molecular weight excluding hydrogens is 263 g/mol. The molecule has 0 radical (unpaired) electrons. The Kier molecular flexibility index (Phi) is 5.63. The van der Waals surface area contributed by atoms with Gasteiger partial charge in [-0.1, -0.05) is 20.8 Å². The van der Waals surface area contributed by atoms with Gasteiger partial charge < -0.3 is 10.2 Å². The second-order valence-corrected chi connectivity index (χ2v) is 6.53. The maximum atomic E-state index is 13.7. The second kappa shape index (κ2) is 7.26. The molecule has 1 heterocycles. The lowest BCUT2D eigenvalue weighted by Crippen LogP contribution is -2.35. The van der Waals surface area contributed by atoms with Crippen molar-refractivity contribution < 1.29 is 4.39 Å². The number of rotatable bonds is 6. The van der Waals surface area contributed by atoms with Crippen LogP contribution in [0.15, 0.2) is 18.2 Å². The standard InChI is InChI=1S/C18H29FN2/c1-5-10-20-14(4)16-12-15(19)8-9-18(16)21-11-6-7-17(21)13(2)3/h8-9,12-14,17,20H,5-7,10-11H2,1-4H3. The number of nitrogens with one attached hydrogen (secondary N) is 1. The quantitative estimate of drug-likeness (QED) is 0.830. The summed E-state index contributed by atoms with van der Waals surface area (Å²) in [5.41, 5.74) is 2.31. The molecule has 1 aromatic rings. The third-order valence-corrected chi connectivity index (χ3v) is 4.53. The van der Waals surface area contributed by atoms with Crippen LogP contribution in [0.5, 0.6) is 0 Å². The average Bonchev–Trinajstić information content (AvgIpc) is 2.94. The van der Waals surface area contributed by atoms with Gasteiger partial charge in [0.1, 0.15) is 5.82 Å². The molecule has 0 bridgehead atoms. The summed E-state index contributed by atoms with van der Waals surface area (Å²) < 4.78 is 13.7. The Bertz CT molecular complexity index is 459. The van der Waals surface area contributed by atoms with E-state index in [1.807, 2.05) is 6.07 Å². The number of halogens is 1. The zero-order valence-corrected chi connectivity index (χ0v) is 13.8. The number of hydrogen-bond donors (Lipinski definition) is 1. The fourth-order valence-corrected chi connectivity index (χ4v) is 3.39. The molecule has 2 atom stereocenters. The molecule has 2 rings (SSSR count). The molecule has 0 aliphatic carbocycles. The van der Waals surface area contributed by atoms with Crippen molar-refractivity contribution >= 4 is 5.69 Å². The summed E-state index contributed by atoms with van der Waals surface area (Å²) in [6.45, 7) is 10.9. The van der Waals surface area contributed by atoms with Crippen molar-refractivity contribution in [1.82, 2.24) is 5.32 Å². The lowest BCUT2D eigenvalue weighted by molar-refractivity contribution is 0.488. The fourth-order valence-electron chi connectivity index (χ4n) is 3.39. The molecule has 3 heteroatoms. The zero-order valence-electron chi connectivity index (χ0n) is 13.8. The molecule has 1 aliphatic heterocycles. The number of hydrogen-bond acceptors (Lipinski definition) is 2. The van der Waals surface area contributed by atoms with Crippen LogP contribution in [0.1, 0.15) is 58.6 Å².